The molecule has 5 nitrogen and oxygen atoms in total. The Hall–Kier alpha value is -1.10. The van der Waals surface area contributed by atoms with Crippen molar-refractivity contribution in [3.05, 3.63) is 0 Å². The lowest BCUT2D eigenvalue weighted by molar-refractivity contribution is 0.120. The van der Waals surface area contributed by atoms with Gasteiger partial charge >= 0.3 is 6.03 Å². The van der Waals surface area contributed by atoms with E-state index in [9.17, 15) is 4.79 Å². The second kappa shape index (κ2) is 3.98. The average Bonchev–Trinajstić information content (AvgIpc) is 2.66. The molecule has 96 valence electrons. The van der Waals surface area contributed by atoms with E-state index in [1.807, 2.05) is 0 Å². The van der Waals surface area contributed by atoms with Gasteiger partial charge in [0.2, 0.25) is 0 Å². The number of rotatable bonds is 3. The van der Waals surface area contributed by atoms with Gasteiger partial charge < -0.3 is 15.4 Å². The van der Waals surface area contributed by atoms with Gasteiger partial charge in [-0.15, -0.1) is 0 Å². The van der Waals surface area contributed by atoms with Crippen molar-refractivity contribution in [1.29, 1.82) is 0 Å². The van der Waals surface area contributed by atoms with Crippen molar-refractivity contribution in [2.24, 2.45) is 16.1 Å². The SMILES string of the molecule is COCCN1C(=O)N=C(N)C12CCC(C)(C)C2. The number of hydrogen-bond acceptors (Lipinski definition) is 3. The monoisotopic (exact) mass is 239 g/mol. The number of methoxy groups -OCH3 is 1. The van der Waals surface area contributed by atoms with Crippen molar-refractivity contribution in [3.63, 3.8) is 0 Å². The highest BCUT2D eigenvalue weighted by molar-refractivity contribution is 6.06. The van der Waals surface area contributed by atoms with Crippen molar-refractivity contribution in [3.8, 4) is 0 Å². The molecule has 0 radical (unpaired) electrons. The van der Waals surface area contributed by atoms with Gasteiger partial charge in [-0.1, -0.05) is 13.8 Å². The molecule has 5 heteroatoms. The minimum atomic E-state index is -0.348. The number of nitrogens with zero attached hydrogens (tertiary/aromatic N) is 2. The van der Waals surface area contributed by atoms with E-state index in [2.05, 4.69) is 18.8 Å². The van der Waals surface area contributed by atoms with Crippen LogP contribution in [0.25, 0.3) is 0 Å². The summed E-state index contributed by atoms with van der Waals surface area (Å²) in [4.78, 5) is 17.6. The summed E-state index contributed by atoms with van der Waals surface area (Å²) in [5.74, 6) is 0.490. The van der Waals surface area contributed by atoms with Crippen LogP contribution in [0.1, 0.15) is 33.1 Å². The standard InChI is InChI=1S/C12H21N3O2/c1-11(2)4-5-12(8-11)9(13)14-10(16)15(12)6-7-17-3/h4-8H2,1-3H3,(H2,13,14,16). The predicted molar refractivity (Wildman–Crippen MR) is 66.0 cm³/mol. The molecule has 1 atom stereocenters. The van der Waals surface area contributed by atoms with Crippen LogP contribution in [0.4, 0.5) is 4.79 Å². The number of amides is 2. The number of nitrogens with two attached hydrogens (primary N) is 1. The van der Waals surface area contributed by atoms with Crippen LogP contribution >= 0.6 is 0 Å². The van der Waals surface area contributed by atoms with Gasteiger partial charge in [0.05, 0.1) is 6.61 Å². The summed E-state index contributed by atoms with van der Waals surface area (Å²) < 4.78 is 5.06. The summed E-state index contributed by atoms with van der Waals surface area (Å²) in [6.45, 7) is 5.52. The quantitative estimate of drug-likeness (QED) is 0.809. The fourth-order valence-electron chi connectivity index (χ4n) is 3.04. The molecule has 2 aliphatic rings. The molecule has 2 rings (SSSR count). The molecule has 1 fully saturated rings. The second-order valence-corrected chi connectivity index (χ2v) is 5.80. The van der Waals surface area contributed by atoms with Crippen LogP contribution in [-0.2, 0) is 4.74 Å². The van der Waals surface area contributed by atoms with Crippen LogP contribution in [0.2, 0.25) is 0 Å². The zero-order valence-electron chi connectivity index (χ0n) is 10.8. The van der Waals surface area contributed by atoms with Gasteiger partial charge in [-0.2, -0.15) is 4.99 Å². The smallest absolute Gasteiger partial charge is 0.346 e. The highest BCUT2D eigenvalue weighted by Crippen LogP contribution is 2.48. The molecule has 1 aliphatic carbocycles. The number of carbonyl (C=O) groups is 1. The van der Waals surface area contributed by atoms with Crippen LogP contribution in [0.15, 0.2) is 4.99 Å². The summed E-state index contributed by atoms with van der Waals surface area (Å²) in [6, 6.07) is -0.211. The molecule has 0 aromatic rings. The van der Waals surface area contributed by atoms with Gasteiger partial charge in [-0.3, -0.25) is 0 Å². The molecule has 1 aliphatic heterocycles. The van der Waals surface area contributed by atoms with Gasteiger partial charge in [0, 0.05) is 13.7 Å². The number of hydrogen-bond donors (Lipinski definition) is 1. The Balaban J connectivity index is 2.24. The summed E-state index contributed by atoms with van der Waals surface area (Å²) >= 11 is 0. The third kappa shape index (κ3) is 1.92. The molecule has 1 heterocycles. The van der Waals surface area contributed by atoms with Crippen LogP contribution in [0, 0.1) is 5.41 Å². The van der Waals surface area contributed by atoms with Crippen LogP contribution < -0.4 is 5.73 Å². The van der Waals surface area contributed by atoms with Gasteiger partial charge in [-0.05, 0) is 24.7 Å². The molecule has 2 amide bonds. The first-order valence-electron chi connectivity index (χ1n) is 6.06. The fourth-order valence-corrected chi connectivity index (χ4v) is 3.04. The number of ether oxygens (including phenoxy) is 1. The van der Waals surface area contributed by atoms with Gasteiger partial charge in [0.15, 0.2) is 0 Å². The van der Waals surface area contributed by atoms with Crippen LogP contribution in [0.3, 0.4) is 0 Å². The minimum Gasteiger partial charge on any atom is -0.385 e. The van der Waals surface area contributed by atoms with E-state index in [0.717, 1.165) is 19.3 Å². The molecular weight excluding hydrogens is 218 g/mol. The van der Waals surface area contributed by atoms with E-state index in [4.69, 9.17) is 10.5 Å². The molecule has 2 N–H and O–H groups in total. The van der Waals surface area contributed by atoms with Crippen LogP contribution in [0.5, 0.6) is 0 Å². The molecular formula is C12H21N3O2. The normalized spacial score (nSPS) is 31.4. The number of urea groups is 1. The Labute approximate surface area is 102 Å². The van der Waals surface area contributed by atoms with E-state index in [1.165, 1.54) is 0 Å². The van der Waals surface area contributed by atoms with Gasteiger partial charge in [0.25, 0.3) is 0 Å². The first-order valence-corrected chi connectivity index (χ1v) is 6.06. The Morgan fingerprint density at radius 2 is 2.18 bits per heavy atom. The predicted octanol–water partition coefficient (Wildman–Crippen LogP) is 1.37. The van der Waals surface area contributed by atoms with Crippen molar-refractivity contribution < 1.29 is 9.53 Å². The lowest BCUT2D eigenvalue weighted by Crippen LogP contribution is -2.53. The summed E-state index contributed by atoms with van der Waals surface area (Å²) in [6.07, 6.45) is 2.87. The molecule has 17 heavy (non-hydrogen) atoms. The van der Waals surface area contributed by atoms with Crippen molar-refractivity contribution in [2.45, 2.75) is 38.6 Å². The fraction of sp³-hybridized carbons (Fsp3) is 0.833. The van der Waals surface area contributed by atoms with Gasteiger partial charge in [0.1, 0.15) is 11.4 Å². The lowest BCUT2D eigenvalue weighted by Gasteiger charge is -2.35. The summed E-state index contributed by atoms with van der Waals surface area (Å²) in [5, 5.41) is 0. The van der Waals surface area contributed by atoms with E-state index in [1.54, 1.807) is 12.0 Å². The zero-order valence-corrected chi connectivity index (χ0v) is 10.8. The van der Waals surface area contributed by atoms with Crippen molar-refractivity contribution in [1.82, 2.24) is 4.90 Å². The zero-order chi connectivity index (χ0) is 12.7. The maximum Gasteiger partial charge on any atom is 0.346 e. The third-order valence-electron chi connectivity index (χ3n) is 3.95. The minimum absolute atomic E-state index is 0.211. The number of aliphatic imine (C=N–C) groups is 1. The Kier molecular flexibility index (Phi) is 2.89. The maximum atomic E-state index is 11.9. The van der Waals surface area contributed by atoms with Gasteiger partial charge in [-0.25, -0.2) is 4.79 Å². The molecule has 1 spiro atoms. The number of carbonyl (C=O) groups excluding carboxylic acids is 1. The topological polar surface area (TPSA) is 67.9 Å². The van der Waals surface area contributed by atoms with Crippen molar-refractivity contribution >= 4 is 11.9 Å². The Morgan fingerprint density at radius 3 is 2.71 bits per heavy atom. The highest BCUT2D eigenvalue weighted by atomic mass is 16.5. The average molecular weight is 239 g/mol. The maximum absolute atomic E-state index is 11.9. The van der Waals surface area contributed by atoms with E-state index < -0.39 is 0 Å². The Morgan fingerprint density at radius 1 is 1.47 bits per heavy atom. The number of amidine groups is 1. The van der Waals surface area contributed by atoms with Crippen LogP contribution in [-0.4, -0.2) is 42.6 Å². The molecule has 0 bridgehead atoms. The molecule has 1 saturated carbocycles. The van der Waals surface area contributed by atoms with E-state index in [-0.39, 0.29) is 17.0 Å². The van der Waals surface area contributed by atoms with E-state index >= 15 is 0 Å². The first kappa shape index (κ1) is 12.4. The molecule has 0 saturated heterocycles. The summed E-state index contributed by atoms with van der Waals surface area (Å²) in [7, 11) is 1.63. The molecule has 1 unspecified atom stereocenters. The third-order valence-corrected chi connectivity index (χ3v) is 3.95. The van der Waals surface area contributed by atoms with Crippen molar-refractivity contribution in [2.75, 3.05) is 20.3 Å². The lowest BCUT2D eigenvalue weighted by atomic mass is 9.86. The second-order valence-electron chi connectivity index (χ2n) is 5.80. The largest absolute Gasteiger partial charge is 0.385 e. The molecule has 0 aromatic carbocycles. The molecule has 0 aromatic heterocycles. The van der Waals surface area contributed by atoms with E-state index in [0.29, 0.717) is 19.0 Å². The first-order chi connectivity index (χ1) is 7.91. The summed E-state index contributed by atoms with van der Waals surface area (Å²) in [5.41, 5.74) is 5.87. The highest BCUT2D eigenvalue weighted by Gasteiger charge is 2.54. The Bertz CT molecular complexity index is 365.